The number of nitrogens with zero attached hydrogens (tertiary/aromatic N) is 2. The third kappa shape index (κ3) is 0.932. The molecule has 0 aromatic heterocycles. The lowest BCUT2D eigenvalue weighted by Crippen LogP contribution is -2.36. The summed E-state index contributed by atoms with van der Waals surface area (Å²) >= 11 is 1.61. The monoisotopic (exact) mass is 156 g/mol. The summed E-state index contributed by atoms with van der Waals surface area (Å²) in [6, 6.07) is 0. The van der Waals surface area contributed by atoms with Crippen LogP contribution in [0.15, 0.2) is 16.6 Å². The molecule has 4 heteroatoms. The van der Waals surface area contributed by atoms with Gasteiger partial charge in [0.25, 0.3) is 0 Å². The highest BCUT2D eigenvalue weighted by Crippen LogP contribution is 2.22. The summed E-state index contributed by atoms with van der Waals surface area (Å²) in [5.41, 5.74) is 0. The number of hydrogen-bond donors (Lipinski definition) is 1. The first-order valence-corrected chi connectivity index (χ1v) is 4.07. The van der Waals surface area contributed by atoms with Gasteiger partial charge in [-0.1, -0.05) is 11.8 Å². The number of hydrogen-bond acceptors (Lipinski definition) is 4. The second-order valence-electron chi connectivity index (χ2n) is 2.33. The summed E-state index contributed by atoms with van der Waals surface area (Å²) in [6.07, 6.45) is 1.67. The van der Waals surface area contributed by atoms with Crippen LogP contribution in [0.3, 0.4) is 0 Å². The van der Waals surface area contributed by atoms with E-state index < -0.39 is 0 Å². The Kier molecular flexibility index (Phi) is 1.43. The average molecular weight is 156 g/mol. The minimum atomic E-state index is -0.285. The van der Waals surface area contributed by atoms with Gasteiger partial charge in [-0.2, -0.15) is 0 Å². The number of aliphatic imine (C=N–C) groups is 1. The van der Waals surface area contributed by atoms with Crippen LogP contribution in [0.2, 0.25) is 0 Å². The van der Waals surface area contributed by atoms with Crippen molar-refractivity contribution in [1.29, 1.82) is 0 Å². The molecule has 10 heavy (non-hydrogen) atoms. The highest BCUT2D eigenvalue weighted by molar-refractivity contribution is 8.16. The quantitative estimate of drug-likeness (QED) is 0.545. The summed E-state index contributed by atoms with van der Waals surface area (Å²) in [4.78, 5) is 6.14. The molecule has 0 saturated heterocycles. The largest absolute Gasteiger partial charge is 0.389 e. The van der Waals surface area contributed by atoms with Crippen molar-refractivity contribution in [2.24, 2.45) is 4.99 Å². The molecule has 0 aromatic rings. The molecule has 2 rings (SSSR count). The van der Waals surface area contributed by atoms with E-state index in [9.17, 15) is 0 Å². The van der Waals surface area contributed by atoms with E-state index in [2.05, 4.69) is 4.99 Å². The van der Waals surface area contributed by atoms with Gasteiger partial charge >= 0.3 is 0 Å². The SMILES string of the molecule is O[C@H]1CN=C2SC=CN2C1. The molecule has 1 N–H and O–H groups in total. The van der Waals surface area contributed by atoms with Gasteiger partial charge in [-0.15, -0.1) is 0 Å². The first kappa shape index (κ1) is 6.24. The van der Waals surface area contributed by atoms with Gasteiger partial charge in [0.2, 0.25) is 0 Å². The van der Waals surface area contributed by atoms with Crippen molar-refractivity contribution in [1.82, 2.24) is 4.90 Å². The van der Waals surface area contributed by atoms with Crippen LogP contribution < -0.4 is 0 Å². The first-order chi connectivity index (χ1) is 4.86. The van der Waals surface area contributed by atoms with Crippen LogP contribution in [-0.4, -0.2) is 34.4 Å². The first-order valence-electron chi connectivity index (χ1n) is 3.19. The van der Waals surface area contributed by atoms with Gasteiger partial charge in [-0.3, -0.25) is 4.99 Å². The molecule has 3 nitrogen and oxygen atoms in total. The molecule has 0 unspecified atom stereocenters. The Hall–Kier alpha value is -0.480. The minimum absolute atomic E-state index is 0.285. The van der Waals surface area contributed by atoms with Crippen LogP contribution in [0.4, 0.5) is 0 Å². The highest BCUT2D eigenvalue weighted by Gasteiger charge is 2.21. The molecule has 2 aliphatic heterocycles. The maximum atomic E-state index is 9.16. The predicted molar refractivity (Wildman–Crippen MR) is 41.7 cm³/mol. The minimum Gasteiger partial charge on any atom is -0.389 e. The molecule has 0 saturated carbocycles. The van der Waals surface area contributed by atoms with Gasteiger partial charge in [-0.05, 0) is 5.41 Å². The van der Waals surface area contributed by atoms with Crippen molar-refractivity contribution >= 4 is 16.9 Å². The fourth-order valence-electron chi connectivity index (χ4n) is 1.03. The number of rotatable bonds is 0. The van der Waals surface area contributed by atoms with Gasteiger partial charge in [-0.25, -0.2) is 0 Å². The number of aliphatic hydroxyl groups is 1. The maximum absolute atomic E-state index is 9.16. The van der Waals surface area contributed by atoms with E-state index in [4.69, 9.17) is 5.11 Å². The smallest absolute Gasteiger partial charge is 0.167 e. The van der Waals surface area contributed by atoms with E-state index in [-0.39, 0.29) is 6.10 Å². The van der Waals surface area contributed by atoms with Crippen LogP contribution in [-0.2, 0) is 0 Å². The summed E-state index contributed by atoms with van der Waals surface area (Å²) in [6.45, 7) is 1.25. The lowest BCUT2D eigenvalue weighted by atomic mass is 10.3. The molecule has 2 aliphatic rings. The molecule has 1 atom stereocenters. The van der Waals surface area contributed by atoms with Crippen LogP contribution >= 0.6 is 11.8 Å². The number of aliphatic hydroxyl groups excluding tert-OH is 1. The van der Waals surface area contributed by atoms with Crippen LogP contribution in [0.25, 0.3) is 0 Å². The standard InChI is InChI=1S/C6H8N2OS/c9-5-3-7-6-8(4-5)1-2-10-6/h1-2,5,9H,3-4H2/t5-/m0/s1. The van der Waals surface area contributed by atoms with Gasteiger partial charge in [0.15, 0.2) is 5.17 Å². The zero-order chi connectivity index (χ0) is 6.97. The van der Waals surface area contributed by atoms with E-state index in [1.54, 1.807) is 11.8 Å². The van der Waals surface area contributed by atoms with E-state index in [0.717, 1.165) is 5.17 Å². The van der Waals surface area contributed by atoms with E-state index in [0.29, 0.717) is 13.1 Å². The summed E-state index contributed by atoms with van der Waals surface area (Å²) in [5.74, 6) is 0. The molecule has 0 aromatic carbocycles. The molecular weight excluding hydrogens is 148 g/mol. The van der Waals surface area contributed by atoms with Gasteiger partial charge in [0, 0.05) is 6.20 Å². The Morgan fingerprint density at radius 2 is 2.70 bits per heavy atom. The van der Waals surface area contributed by atoms with Gasteiger partial charge in [0.05, 0.1) is 19.2 Å². The molecular formula is C6H8N2OS. The normalized spacial score (nSPS) is 30.3. The Morgan fingerprint density at radius 3 is 3.60 bits per heavy atom. The Labute approximate surface area is 63.4 Å². The van der Waals surface area contributed by atoms with Crippen LogP contribution in [0.1, 0.15) is 0 Å². The predicted octanol–water partition coefficient (Wildman–Crippen LogP) is 0.237. The summed E-state index contributed by atoms with van der Waals surface area (Å²) in [7, 11) is 0. The molecule has 0 radical (unpaired) electrons. The zero-order valence-corrected chi connectivity index (χ0v) is 6.21. The molecule has 0 fully saturated rings. The Balaban J connectivity index is 2.18. The molecule has 2 heterocycles. The highest BCUT2D eigenvalue weighted by atomic mass is 32.2. The third-order valence-electron chi connectivity index (χ3n) is 1.50. The van der Waals surface area contributed by atoms with E-state index >= 15 is 0 Å². The summed E-state index contributed by atoms with van der Waals surface area (Å²) in [5, 5.41) is 12.2. The van der Waals surface area contributed by atoms with Gasteiger partial charge < -0.3 is 10.0 Å². The zero-order valence-electron chi connectivity index (χ0n) is 5.40. The number of thioether (sulfide) groups is 1. The third-order valence-corrected chi connectivity index (χ3v) is 2.34. The Bertz CT molecular complexity index is 202. The summed E-state index contributed by atoms with van der Waals surface area (Å²) < 4.78 is 0. The molecule has 0 amide bonds. The van der Waals surface area contributed by atoms with Crippen LogP contribution in [0, 0.1) is 0 Å². The number of amidine groups is 1. The molecule has 0 spiro atoms. The van der Waals surface area contributed by atoms with E-state index in [1.807, 2.05) is 16.5 Å². The Morgan fingerprint density at radius 1 is 1.80 bits per heavy atom. The molecule has 0 bridgehead atoms. The van der Waals surface area contributed by atoms with Crippen LogP contribution in [0.5, 0.6) is 0 Å². The maximum Gasteiger partial charge on any atom is 0.167 e. The fourth-order valence-corrected chi connectivity index (χ4v) is 1.78. The second kappa shape index (κ2) is 2.29. The van der Waals surface area contributed by atoms with Crippen molar-refractivity contribution < 1.29 is 5.11 Å². The fraction of sp³-hybridized carbons (Fsp3) is 0.500. The lowest BCUT2D eigenvalue weighted by molar-refractivity contribution is 0.156. The van der Waals surface area contributed by atoms with Gasteiger partial charge in [0.1, 0.15) is 0 Å². The topological polar surface area (TPSA) is 35.8 Å². The second-order valence-corrected chi connectivity index (χ2v) is 3.21. The average Bonchev–Trinajstić information content (AvgIpc) is 2.33. The van der Waals surface area contributed by atoms with Crippen molar-refractivity contribution in [2.75, 3.05) is 13.1 Å². The molecule has 0 aliphatic carbocycles. The van der Waals surface area contributed by atoms with Crippen molar-refractivity contribution in [3.05, 3.63) is 11.6 Å². The molecule has 54 valence electrons. The number of fused-ring (bicyclic) bond motifs is 1. The lowest BCUT2D eigenvalue weighted by Gasteiger charge is -2.23. The van der Waals surface area contributed by atoms with Crippen molar-refractivity contribution in [2.45, 2.75) is 6.10 Å². The van der Waals surface area contributed by atoms with E-state index in [1.165, 1.54) is 0 Å². The van der Waals surface area contributed by atoms with Crippen molar-refractivity contribution in [3.8, 4) is 0 Å². The van der Waals surface area contributed by atoms with Crippen molar-refractivity contribution in [3.63, 3.8) is 0 Å².